The SMILES string of the molecule is CC(c1ccccc1)N(C)C(=O)CN1CCN(S(=O)(=O)c2ccc(OC(F)(F)F)cc2)CC1. The van der Waals surface area contributed by atoms with Crippen molar-refractivity contribution in [2.24, 2.45) is 0 Å². The van der Waals surface area contributed by atoms with E-state index in [0.29, 0.717) is 13.1 Å². The molecule has 1 aliphatic heterocycles. The maximum absolute atomic E-state index is 12.8. The van der Waals surface area contributed by atoms with Crippen LogP contribution in [0.4, 0.5) is 13.2 Å². The second kappa shape index (κ2) is 10.1. The fraction of sp³-hybridized carbons (Fsp3) is 0.409. The van der Waals surface area contributed by atoms with Crippen molar-refractivity contribution in [3.63, 3.8) is 0 Å². The van der Waals surface area contributed by atoms with Gasteiger partial charge in [0.2, 0.25) is 15.9 Å². The Morgan fingerprint density at radius 3 is 2.15 bits per heavy atom. The van der Waals surface area contributed by atoms with Crippen LogP contribution in [0.1, 0.15) is 18.5 Å². The van der Waals surface area contributed by atoms with Crippen molar-refractivity contribution in [2.75, 3.05) is 39.8 Å². The van der Waals surface area contributed by atoms with E-state index < -0.39 is 22.1 Å². The smallest absolute Gasteiger partial charge is 0.406 e. The zero-order valence-electron chi connectivity index (χ0n) is 18.3. The molecule has 0 N–H and O–H groups in total. The van der Waals surface area contributed by atoms with Crippen LogP contribution in [0.25, 0.3) is 0 Å². The maximum atomic E-state index is 12.8. The lowest BCUT2D eigenvalue weighted by molar-refractivity contribution is -0.274. The van der Waals surface area contributed by atoms with Gasteiger partial charge in [-0.2, -0.15) is 4.31 Å². The van der Waals surface area contributed by atoms with Crippen LogP contribution in [0, 0.1) is 0 Å². The van der Waals surface area contributed by atoms with E-state index in [9.17, 15) is 26.4 Å². The summed E-state index contributed by atoms with van der Waals surface area (Å²) in [4.78, 5) is 16.2. The predicted octanol–water partition coefficient (Wildman–Crippen LogP) is 3.11. The lowest BCUT2D eigenvalue weighted by Gasteiger charge is -2.35. The second-order valence-electron chi connectivity index (χ2n) is 7.79. The number of amides is 1. The summed E-state index contributed by atoms with van der Waals surface area (Å²) in [6.45, 7) is 3.21. The summed E-state index contributed by atoms with van der Waals surface area (Å²) >= 11 is 0. The summed E-state index contributed by atoms with van der Waals surface area (Å²) in [5.74, 6) is -0.554. The van der Waals surface area contributed by atoms with Crippen LogP contribution in [0.2, 0.25) is 0 Å². The van der Waals surface area contributed by atoms with E-state index in [1.54, 1.807) is 11.9 Å². The average Bonchev–Trinajstić information content (AvgIpc) is 2.78. The number of likely N-dealkylation sites (N-methyl/N-ethyl adjacent to an activating group) is 1. The Bertz CT molecular complexity index is 1040. The summed E-state index contributed by atoms with van der Waals surface area (Å²) < 4.78 is 67.6. The zero-order chi connectivity index (χ0) is 24.2. The normalized spacial score (nSPS) is 16.9. The standard InChI is InChI=1S/C22H26F3N3O4S/c1-17(18-6-4-3-5-7-18)26(2)21(29)16-27-12-14-28(15-13-27)33(30,31)20-10-8-19(9-11-20)32-22(23,24)25/h3-11,17H,12-16H2,1-2H3. The Hall–Kier alpha value is -2.63. The Kier molecular flexibility index (Phi) is 7.65. The number of halogens is 3. The van der Waals surface area contributed by atoms with Gasteiger partial charge in [0.25, 0.3) is 0 Å². The number of hydrogen-bond donors (Lipinski definition) is 0. The molecule has 1 fully saturated rings. The first-order valence-corrected chi connectivity index (χ1v) is 11.8. The van der Waals surface area contributed by atoms with Crippen molar-refractivity contribution >= 4 is 15.9 Å². The fourth-order valence-electron chi connectivity index (χ4n) is 3.56. The summed E-state index contributed by atoms with van der Waals surface area (Å²) in [7, 11) is -2.12. The summed E-state index contributed by atoms with van der Waals surface area (Å²) in [5.41, 5.74) is 1.02. The molecule has 0 spiro atoms. The quantitative estimate of drug-likeness (QED) is 0.603. The molecule has 180 valence electrons. The van der Waals surface area contributed by atoms with Crippen LogP contribution in [0.15, 0.2) is 59.5 Å². The number of benzene rings is 2. The van der Waals surface area contributed by atoms with E-state index in [1.807, 2.05) is 42.2 Å². The Morgan fingerprint density at radius 2 is 1.61 bits per heavy atom. The maximum Gasteiger partial charge on any atom is 0.573 e. The van der Waals surface area contributed by atoms with Crippen molar-refractivity contribution < 1.29 is 31.1 Å². The van der Waals surface area contributed by atoms with E-state index in [2.05, 4.69) is 4.74 Å². The average molecular weight is 486 g/mol. The number of alkyl halides is 3. The Morgan fingerprint density at radius 1 is 1.03 bits per heavy atom. The summed E-state index contributed by atoms with van der Waals surface area (Å²) in [5, 5.41) is 0. The van der Waals surface area contributed by atoms with Gasteiger partial charge in [0.05, 0.1) is 17.5 Å². The molecule has 0 aromatic heterocycles. The third-order valence-electron chi connectivity index (χ3n) is 5.64. The number of nitrogens with zero attached hydrogens (tertiary/aromatic N) is 3. The third-order valence-corrected chi connectivity index (χ3v) is 7.55. The van der Waals surface area contributed by atoms with Crippen LogP contribution >= 0.6 is 0 Å². The molecule has 11 heteroatoms. The van der Waals surface area contributed by atoms with Crippen molar-refractivity contribution in [3.8, 4) is 5.75 Å². The van der Waals surface area contributed by atoms with Crippen LogP contribution in [0.3, 0.4) is 0 Å². The molecule has 2 aromatic rings. The molecule has 0 aliphatic carbocycles. The fourth-order valence-corrected chi connectivity index (χ4v) is 4.99. The molecule has 0 saturated carbocycles. The molecule has 0 bridgehead atoms. The number of sulfonamides is 1. The minimum atomic E-state index is -4.85. The molecule has 1 aliphatic rings. The molecule has 2 aromatic carbocycles. The summed E-state index contributed by atoms with van der Waals surface area (Å²) in [6, 6.07) is 13.7. The highest BCUT2D eigenvalue weighted by Crippen LogP contribution is 2.25. The van der Waals surface area contributed by atoms with Crippen LogP contribution in [-0.2, 0) is 14.8 Å². The number of hydrogen-bond acceptors (Lipinski definition) is 5. The Balaban J connectivity index is 1.55. The lowest BCUT2D eigenvalue weighted by atomic mass is 10.1. The van der Waals surface area contributed by atoms with Gasteiger partial charge in [0.1, 0.15) is 5.75 Å². The van der Waals surface area contributed by atoms with Gasteiger partial charge in [-0.25, -0.2) is 8.42 Å². The van der Waals surface area contributed by atoms with Gasteiger partial charge in [-0.3, -0.25) is 9.69 Å². The predicted molar refractivity (Wildman–Crippen MR) is 116 cm³/mol. The van der Waals surface area contributed by atoms with Gasteiger partial charge in [0.15, 0.2) is 0 Å². The van der Waals surface area contributed by atoms with Crippen LogP contribution in [0.5, 0.6) is 5.75 Å². The van der Waals surface area contributed by atoms with Crippen LogP contribution in [-0.4, -0.2) is 74.6 Å². The van der Waals surface area contributed by atoms with E-state index in [0.717, 1.165) is 29.8 Å². The van der Waals surface area contributed by atoms with Crippen molar-refractivity contribution in [3.05, 3.63) is 60.2 Å². The number of carbonyl (C=O) groups is 1. The molecule has 3 rings (SSSR count). The second-order valence-corrected chi connectivity index (χ2v) is 9.73. The molecular weight excluding hydrogens is 459 g/mol. The van der Waals surface area contributed by atoms with E-state index in [-0.39, 0.29) is 36.5 Å². The number of piperazine rings is 1. The molecule has 1 saturated heterocycles. The lowest BCUT2D eigenvalue weighted by Crippen LogP contribution is -2.51. The van der Waals surface area contributed by atoms with Crippen molar-refractivity contribution in [1.29, 1.82) is 0 Å². The first kappa shape index (κ1) is 25.0. The highest BCUT2D eigenvalue weighted by molar-refractivity contribution is 7.89. The first-order valence-electron chi connectivity index (χ1n) is 10.4. The van der Waals surface area contributed by atoms with Gasteiger partial charge < -0.3 is 9.64 Å². The number of ether oxygens (including phenoxy) is 1. The minimum absolute atomic E-state index is 0.0667. The molecule has 33 heavy (non-hydrogen) atoms. The molecular formula is C22H26F3N3O4S. The number of rotatable bonds is 7. The largest absolute Gasteiger partial charge is 0.573 e. The van der Waals surface area contributed by atoms with Gasteiger partial charge in [-0.15, -0.1) is 13.2 Å². The first-order chi connectivity index (χ1) is 15.5. The topological polar surface area (TPSA) is 70.2 Å². The van der Waals surface area contributed by atoms with Crippen LogP contribution < -0.4 is 4.74 Å². The molecule has 0 radical (unpaired) electrons. The molecule has 1 amide bonds. The molecule has 1 atom stereocenters. The minimum Gasteiger partial charge on any atom is -0.406 e. The molecule has 1 heterocycles. The summed E-state index contributed by atoms with van der Waals surface area (Å²) in [6.07, 6.45) is -4.85. The van der Waals surface area contributed by atoms with Gasteiger partial charge in [-0.05, 0) is 36.8 Å². The van der Waals surface area contributed by atoms with Crippen molar-refractivity contribution in [2.45, 2.75) is 24.2 Å². The van der Waals surface area contributed by atoms with Gasteiger partial charge in [-0.1, -0.05) is 30.3 Å². The van der Waals surface area contributed by atoms with E-state index >= 15 is 0 Å². The number of carbonyl (C=O) groups excluding carboxylic acids is 1. The molecule has 7 nitrogen and oxygen atoms in total. The Labute approximate surface area is 191 Å². The van der Waals surface area contributed by atoms with E-state index in [1.165, 1.54) is 4.31 Å². The zero-order valence-corrected chi connectivity index (χ0v) is 19.1. The highest BCUT2D eigenvalue weighted by atomic mass is 32.2. The van der Waals surface area contributed by atoms with Crippen molar-refractivity contribution in [1.82, 2.24) is 14.1 Å². The monoisotopic (exact) mass is 485 g/mol. The van der Waals surface area contributed by atoms with Gasteiger partial charge in [0, 0.05) is 33.2 Å². The van der Waals surface area contributed by atoms with Gasteiger partial charge >= 0.3 is 6.36 Å². The third kappa shape index (κ3) is 6.46. The molecule has 1 unspecified atom stereocenters. The highest BCUT2D eigenvalue weighted by Gasteiger charge is 2.32. The van der Waals surface area contributed by atoms with E-state index in [4.69, 9.17) is 0 Å².